The minimum absolute atomic E-state index is 0.0339. The zero-order chi connectivity index (χ0) is 17.2. The molecular formula is C20H23ClN2O. The number of hydrogen-bond acceptors (Lipinski definition) is 2. The average molecular weight is 343 g/mol. The number of nitrogens with one attached hydrogen (secondary N) is 1. The Morgan fingerprint density at radius 1 is 1.17 bits per heavy atom. The topological polar surface area (TPSA) is 32.3 Å². The first-order chi connectivity index (χ1) is 11.5. The molecule has 0 unspecified atom stereocenters. The van der Waals surface area contributed by atoms with E-state index in [0.29, 0.717) is 0 Å². The van der Waals surface area contributed by atoms with Crippen LogP contribution in [0.5, 0.6) is 0 Å². The summed E-state index contributed by atoms with van der Waals surface area (Å²) in [6.45, 7) is 0.747. The van der Waals surface area contributed by atoms with Gasteiger partial charge in [-0.1, -0.05) is 35.9 Å². The lowest BCUT2D eigenvalue weighted by molar-refractivity contribution is 0.0827. The molecule has 3 rings (SSSR count). The van der Waals surface area contributed by atoms with Gasteiger partial charge in [0.05, 0.1) is 0 Å². The molecule has 0 heterocycles. The maximum atomic E-state index is 12.1. The number of nitrogens with zero attached hydrogens (tertiary/aromatic N) is 1. The molecule has 2 aromatic rings. The van der Waals surface area contributed by atoms with Crippen molar-refractivity contribution in [3.8, 4) is 0 Å². The number of carbonyl (C=O) groups is 1. The molecule has 0 bridgehead atoms. The van der Waals surface area contributed by atoms with Crippen LogP contribution in [0.15, 0.2) is 48.5 Å². The third-order valence-corrected chi connectivity index (χ3v) is 5.07. The Bertz CT molecular complexity index is 721. The Labute approximate surface area is 148 Å². The van der Waals surface area contributed by atoms with Crippen LogP contribution in [0.2, 0.25) is 5.02 Å². The van der Waals surface area contributed by atoms with Crippen LogP contribution in [0.25, 0.3) is 0 Å². The van der Waals surface area contributed by atoms with Crippen molar-refractivity contribution in [2.45, 2.75) is 31.3 Å². The predicted molar refractivity (Wildman–Crippen MR) is 98.3 cm³/mol. The van der Waals surface area contributed by atoms with Gasteiger partial charge in [-0.25, -0.2) is 0 Å². The number of hydrogen-bond donors (Lipinski definition) is 1. The fourth-order valence-electron chi connectivity index (χ4n) is 3.21. The fraction of sp³-hybridized carbons (Fsp3) is 0.350. The minimum atomic E-state index is 0.0339. The molecule has 0 aliphatic heterocycles. The maximum absolute atomic E-state index is 12.1. The second-order valence-corrected chi connectivity index (χ2v) is 7.13. The van der Waals surface area contributed by atoms with E-state index < -0.39 is 0 Å². The lowest BCUT2D eigenvalue weighted by Crippen LogP contribution is -2.47. The quantitative estimate of drug-likeness (QED) is 0.882. The van der Waals surface area contributed by atoms with Gasteiger partial charge in [0.15, 0.2) is 0 Å². The number of rotatable bonds is 5. The van der Waals surface area contributed by atoms with Crippen molar-refractivity contribution in [3.05, 3.63) is 70.2 Å². The molecule has 3 nitrogen and oxygen atoms in total. The van der Waals surface area contributed by atoms with Gasteiger partial charge in [-0.15, -0.1) is 0 Å². The van der Waals surface area contributed by atoms with Crippen molar-refractivity contribution in [2.24, 2.45) is 0 Å². The average Bonchev–Trinajstić information content (AvgIpc) is 2.55. The number of carbonyl (C=O) groups excluding carboxylic acids is 1. The molecule has 2 aromatic carbocycles. The summed E-state index contributed by atoms with van der Waals surface area (Å²) in [4.78, 5) is 13.7. The molecule has 1 N–H and O–H groups in total. The smallest absolute Gasteiger partial charge is 0.253 e. The van der Waals surface area contributed by atoms with Crippen molar-refractivity contribution in [1.29, 1.82) is 0 Å². The summed E-state index contributed by atoms with van der Waals surface area (Å²) in [5.41, 5.74) is 3.18. The zero-order valence-electron chi connectivity index (χ0n) is 14.2. The Kier molecular flexibility index (Phi) is 4.93. The van der Waals surface area contributed by atoms with Crippen LogP contribution in [0.1, 0.15) is 40.7 Å². The van der Waals surface area contributed by atoms with Crippen molar-refractivity contribution in [1.82, 2.24) is 10.2 Å². The lowest BCUT2D eigenvalue weighted by Gasteiger charge is -2.43. The summed E-state index contributed by atoms with van der Waals surface area (Å²) in [7, 11) is 3.55. The zero-order valence-corrected chi connectivity index (χ0v) is 14.9. The van der Waals surface area contributed by atoms with E-state index in [-0.39, 0.29) is 11.4 Å². The monoisotopic (exact) mass is 342 g/mol. The van der Waals surface area contributed by atoms with Gasteiger partial charge in [0.2, 0.25) is 0 Å². The van der Waals surface area contributed by atoms with Crippen molar-refractivity contribution in [3.63, 3.8) is 0 Å². The fourth-order valence-corrected chi connectivity index (χ4v) is 3.34. The molecule has 1 fully saturated rings. The summed E-state index contributed by atoms with van der Waals surface area (Å²) in [6, 6.07) is 16.0. The molecule has 1 amide bonds. The number of amides is 1. The third-order valence-electron chi connectivity index (χ3n) is 4.81. The second-order valence-electron chi connectivity index (χ2n) is 6.70. The standard InChI is InChI=1S/C20H23ClN2O/c1-23(2)19(24)16-6-3-5-15(13-16)14-22-20(11-4-12-20)17-7-9-18(21)10-8-17/h3,5-10,13,22H,4,11-12,14H2,1-2H3. The molecule has 0 aromatic heterocycles. The van der Waals surface area contributed by atoms with Gasteiger partial charge >= 0.3 is 0 Å². The van der Waals surface area contributed by atoms with Gasteiger partial charge in [0.1, 0.15) is 0 Å². The molecule has 1 saturated carbocycles. The summed E-state index contributed by atoms with van der Waals surface area (Å²) in [5, 5.41) is 4.48. The molecule has 0 saturated heterocycles. The first kappa shape index (κ1) is 17.0. The van der Waals surface area contributed by atoms with E-state index in [1.54, 1.807) is 19.0 Å². The lowest BCUT2D eigenvalue weighted by atomic mass is 9.71. The van der Waals surface area contributed by atoms with E-state index in [2.05, 4.69) is 23.5 Å². The highest BCUT2D eigenvalue weighted by molar-refractivity contribution is 6.30. The minimum Gasteiger partial charge on any atom is -0.345 e. The molecule has 0 atom stereocenters. The number of benzene rings is 2. The van der Waals surface area contributed by atoms with E-state index in [4.69, 9.17) is 11.6 Å². The summed E-state index contributed by atoms with van der Waals surface area (Å²) in [5.74, 6) is 0.0351. The van der Waals surface area contributed by atoms with Gasteiger partial charge < -0.3 is 10.2 Å². The van der Waals surface area contributed by atoms with Gasteiger partial charge in [0.25, 0.3) is 5.91 Å². The predicted octanol–water partition coefficient (Wildman–Crippen LogP) is 4.21. The van der Waals surface area contributed by atoms with E-state index >= 15 is 0 Å². The molecule has 1 aliphatic carbocycles. The molecular weight excluding hydrogens is 320 g/mol. The van der Waals surface area contributed by atoms with Crippen molar-refractivity contribution >= 4 is 17.5 Å². The van der Waals surface area contributed by atoms with Crippen molar-refractivity contribution in [2.75, 3.05) is 14.1 Å². The molecule has 126 valence electrons. The van der Waals surface area contributed by atoms with Crippen LogP contribution in [0, 0.1) is 0 Å². The normalized spacial score (nSPS) is 15.6. The summed E-state index contributed by atoms with van der Waals surface area (Å²) >= 11 is 6.01. The number of halogens is 1. The summed E-state index contributed by atoms with van der Waals surface area (Å²) < 4.78 is 0. The van der Waals surface area contributed by atoms with E-state index in [0.717, 1.165) is 35.5 Å². The Balaban J connectivity index is 1.73. The van der Waals surface area contributed by atoms with Crippen LogP contribution < -0.4 is 5.32 Å². The van der Waals surface area contributed by atoms with Crippen LogP contribution in [0.4, 0.5) is 0 Å². The van der Waals surface area contributed by atoms with Gasteiger partial charge in [-0.05, 0) is 54.7 Å². The van der Waals surface area contributed by atoms with Crippen molar-refractivity contribution < 1.29 is 4.79 Å². The van der Waals surface area contributed by atoms with Gasteiger partial charge in [-0.2, -0.15) is 0 Å². The molecule has 0 radical (unpaired) electrons. The van der Waals surface area contributed by atoms with Crippen LogP contribution in [-0.2, 0) is 12.1 Å². The molecule has 24 heavy (non-hydrogen) atoms. The molecule has 1 aliphatic rings. The van der Waals surface area contributed by atoms with Gasteiger partial charge in [0, 0.05) is 36.8 Å². The first-order valence-corrected chi connectivity index (χ1v) is 8.70. The Hall–Kier alpha value is -1.84. The third kappa shape index (κ3) is 3.47. The largest absolute Gasteiger partial charge is 0.345 e. The highest BCUT2D eigenvalue weighted by Gasteiger charge is 2.37. The molecule has 4 heteroatoms. The van der Waals surface area contributed by atoms with E-state index in [9.17, 15) is 4.79 Å². The van der Waals surface area contributed by atoms with Crippen LogP contribution in [0.3, 0.4) is 0 Å². The SMILES string of the molecule is CN(C)C(=O)c1cccc(CNC2(c3ccc(Cl)cc3)CCC2)c1. The second kappa shape index (κ2) is 6.96. The highest BCUT2D eigenvalue weighted by Crippen LogP contribution is 2.41. The Morgan fingerprint density at radius 2 is 1.88 bits per heavy atom. The summed E-state index contributed by atoms with van der Waals surface area (Å²) in [6.07, 6.45) is 3.49. The molecule has 0 spiro atoms. The van der Waals surface area contributed by atoms with E-state index in [1.165, 1.54) is 12.0 Å². The first-order valence-electron chi connectivity index (χ1n) is 8.32. The van der Waals surface area contributed by atoms with Crippen LogP contribution in [-0.4, -0.2) is 24.9 Å². The van der Waals surface area contributed by atoms with Crippen LogP contribution >= 0.6 is 11.6 Å². The van der Waals surface area contributed by atoms with Gasteiger partial charge in [-0.3, -0.25) is 4.79 Å². The maximum Gasteiger partial charge on any atom is 0.253 e. The van der Waals surface area contributed by atoms with E-state index in [1.807, 2.05) is 30.3 Å². The Morgan fingerprint density at radius 3 is 2.46 bits per heavy atom. The highest BCUT2D eigenvalue weighted by atomic mass is 35.5.